The molecular formula is C22H25N3O3. The highest BCUT2D eigenvalue weighted by Gasteiger charge is 2.24. The van der Waals surface area contributed by atoms with E-state index in [0.717, 1.165) is 16.9 Å². The van der Waals surface area contributed by atoms with Gasteiger partial charge in [-0.25, -0.2) is 4.99 Å². The minimum atomic E-state index is -0.349. The molecule has 0 bridgehead atoms. The molecule has 0 saturated carbocycles. The maximum absolute atomic E-state index is 12.5. The van der Waals surface area contributed by atoms with Crippen molar-refractivity contribution in [2.45, 2.75) is 38.6 Å². The first-order chi connectivity index (χ1) is 13.3. The van der Waals surface area contributed by atoms with Crippen LogP contribution in [0.15, 0.2) is 53.5 Å². The molecule has 2 aromatic rings. The fourth-order valence-electron chi connectivity index (χ4n) is 2.98. The highest BCUT2D eigenvalue weighted by Crippen LogP contribution is 2.25. The Bertz CT molecular complexity index is 894. The lowest BCUT2D eigenvalue weighted by molar-refractivity contribution is -0.120. The summed E-state index contributed by atoms with van der Waals surface area (Å²) < 4.78 is 5.16. The van der Waals surface area contributed by atoms with Crippen LogP contribution < -0.4 is 15.4 Å². The molecule has 0 aliphatic carbocycles. The van der Waals surface area contributed by atoms with Crippen molar-refractivity contribution in [2.24, 2.45) is 4.99 Å². The van der Waals surface area contributed by atoms with Gasteiger partial charge in [0.1, 0.15) is 5.75 Å². The Balaban J connectivity index is 1.75. The fraction of sp³-hybridized carbons (Fsp3) is 0.318. The molecule has 1 unspecified atom stereocenters. The van der Waals surface area contributed by atoms with Gasteiger partial charge in [0.2, 0.25) is 11.9 Å². The third-order valence-electron chi connectivity index (χ3n) is 4.67. The van der Waals surface area contributed by atoms with E-state index in [0.29, 0.717) is 5.56 Å². The van der Waals surface area contributed by atoms with Gasteiger partial charge in [-0.2, -0.15) is 0 Å². The molecule has 1 atom stereocenters. The molecule has 0 fully saturated rings. The average molecular weight is 379 g/mol. The fourth-order valence-corrected chi connectivity index (χ4v) is 2.98. The molecule has 146 valence electrons. The van der Waals surface area contributed by atoms with Gasteiger partial charge in [-0.1, -0.05) is 45.0 Å². The first-order valence-corrected chi connectivity index (χ1v) is 9.20. The van der Waals surface area contributed by atoms with Gasteiger partial charge in [-0.15, -0.1) is 0 Å². The zero-order chi connectivity index (χ0) is 20.3. The SMILES string of the molecule is COc1ccc(C2CC(=O)NC(NC(=O)c3ccc(C(C)(C)C)cc3)=N2)cc1. The molecule has 6 heteroatoms. The van der Waals surface area contributed by atoms with Gasteiger partial charge < -0.3 is 4.74 Å². The van der Waals surface area contributed by atoms with Crippen molar-refractivity contribution in [1.29, 1.82) is 0 Å². The Kier molecular flexibility index (Phi) is 5.49. The normalized spacial score (nSPS) is 16.8. The quantitative estimate of drug-likeness (QED) is 0.858. The smallest absolute Gasteiger partial charge is 0.257 e. The summed E-state index contributed by atoms with van der Waals surface area (Å²) in [6, 6.07) is 14.5. The number of carbonyl (C=O) groups is 2. The number of amides is 2. The number of guanidine groups is 1. The summed E-state index contributed by atoms with van der Waals surface area (Å²) in [6.45, 7) is 6.36. The summed E-state index contributed by atoms with van der Waals surface area (Å²) in [7, 11) is 1.60. The summed E-state index contributed by atoms with van der Waals surface area (Å²) in [5.41, 5.74) is 2.56. The van der Waals surface area contributed by atoms with Crippen LogP contribution in [-0.4, -0.2) is 24.9 Å². The van der Waals surface area contributed by atoms with Crippen molar-refractivity contribution >= 4 is 17.8 Å². The van der Waals surface area contributed by atoms with E-state index >= 15 is 0 Å². The van der Waals surface area contributed by atoms with E-state index in [1.54, 1.807) is 19.2 Å². The predicted octanol–water partition coefficient (Wildman–Crippen LogP) is 3.34. The molecule has 0 aromatic heterocycles. The second-order valence-corrected chi connectivity index (χ2v) is 7.80. The number of ether oxygens (including phenoxy) is 1. The lowest BCUT2D eigenvalue weighted by Crippen LogP contribution is -2.47. The largest absolute Gasteiger partial charge is 0.497 e. The zero-order valence-corrected chi connectivity index (χ0v) is 16.6. The molecule has 2 amide bonds. The highest BCUT2D eigenvalue weighted by atomic mass is 16.5. The minimum Gasteiger partial charge on any atom is -0.497 e. The van der Waals surface area contributed by atoms with Crippen LogP contribution in [0.5, 0.6) is 5.75 Å². The summed E-state index contributed by atoms with van der Waals surface area (Å²) in [6.07, 6.45) is 0.228. The monoisotopic (exact) mass is 379 g/mol. The van der Waals surface area contributed by atoms with Crippen LogP contribution in [0.1, 0.15) is 54.7 Å². The maximum Gasteiger partial charge on any atom is 0.257 e. The Morgan fingerprint density at radius 1 is 1.11 bits per heavy atom. The predicted molar refractivity (Wildman–Crippen MR) is 109 cm³/mol. The molecule has 0 radical (unpaired) electrons. The highest BCUT2D eigenvalue weighted by molar-refractivity contribution is 6.10. The zero-order valence-electron chi connectivity index (χ0n) is 16.6. The van der Waals surface area contributed by atoms with E-state index in [1.807, 2.05) is 36.4 Å². The number of benzene rings is 2. The Morgan fingerprint density at radius 2 is 1.75 bits per heavy atom. The van der Waals surface area contributed by atoms with Crippen LogP contribution in [0.2, 0.25) is 0 Å². The van der Waals surface area contributed by atoms with Gasteiger partial charge >= 0.3 is 0 Å². The molecule has 0 spiro atoms. The van der Waals surface area contributed by atoms with Crippen molar-refractivity contribution in [1.82, 2.24) is 10.6 Å². The number of nitrogens with one attached hydrogen (secondary N) is 2. The number of hydrogen-bond donors (Lipinski definition) is 2. The number of methoxy groups -OCH3 is 1. The van der Waals surface area contributed by atoms with E-state index in [2.05, 4.69) is 36.4 Å². The average Bonchev–Trinajstić information content (AvgIpc) is 2.67. The molecule has 1 aliphatic heterocycles. The van der Waals surface area contributed by atoms with Crippen molar-refractivity contribution < 1.29 is 14.3 Å². The summed E-state index contributed by atoms with van der Waals surface area (Å²) in [5, 5.41) is 5.33. The van der Waals surface area contributed by atoms with Crippen LogP contribution in [0.4, 0.5) is 0 Å². The van der Waals surface area contributed by atoms with Gasteiger partial charge in [-0.05, 0) is 40.8 Å². The molecule has 3 rings (SSSR count). The first kappa shape index (κ1) is 19.6. The van der Waals surface area contributed by atoms with Gasteiger partial charge in [-0.3, -0.25) is 20.2 Å². The molecule has 1 aliphatic rings. The lowest BCUT2D eigenvalue weighted by atomic mass is 9.87. The molecule has 28 heavy (non-hydrogen) atoms. The molecular weight excluding hydrogens is 354 g/mol. The van der Waals surface area contributed by atoms with Crippen LogP contribution in [0.3, 0.4) is 0 Å². The van der Waals surface area contributed by atoms with Gasteiger partial charge in [0.25, 0.3) is 5.91 Å². The van der Waals surface area contributed by atoms with Gasteiger partial charge in [0.05, 0.1) is 19.6 Å². The van der Waals surface area contributed by atoms with Crippen LogP contribution in [-0.2, 0) is 10.2 Å². The Labute approximate surface area is 165 Å². The second kappa shape index (κ2) is 7.84. The third kappa shape index (κ3) is 4.57. The van der Waals surface area contributed by atoms with Crippen LogP contribution in [0.25, 0.3) is 0 Å². The first-order valence-electron chi connectivity index (χ1n) is 9.20. The van der Waals surface area contributed by atoms with Crippen LogP contribution >= 0.6 is 0 Å². The second-order valence-electron chi connectivity index (χ2n) is 7.80. The topological polar surface area (TPSA) is 79.8 Å². The van der Waals surface area contributed by atoms with Crippen LogP contribution in [0, 0.1) is 0 Å². The van der Waals surface area contributed by atoms with E-state index < -0.39 is 0 Å². The molecule has 2 N–H and O–H groups in total. The Hall–Kier alpha value is -3.15. The number of nitrogens with zero attached hydrogens (tertiary/aromatic N) is 1. The van der Waals surface area contributed by atoms with Crippen molar-refractivity contribution in [3.63, 3.8) is 0 Å². The molecule has 6 nitrogen and oxygen atoms in total. The number of hydrogen-bond acceptors (Lipinski definition) is 4. The van der Waals surface area contributed by atoms with E-state index in [9.17, 15) is 9.59 Å². The van der Waals surface area contributed by atoms with E-state index in [1.165, 1.54) is 0 Å². The number of carbonyl (C=O) groups excluding carboxylic acids is 2. The lowest BCUT2D eigenvalue weighted by Gasteiger charge is -2.22. The summed E-state index contributed by atoms with van der Waals surface area (Å²) in [5.74, 6) is 0.409. The minimum absolute atomic E-state index is 0.0159. The third-order valence-corrected chi connectivity index (χ3v) is 4.67. The molecule has 2 aromatic carbocycles. The maximum atomic E-state index is 12.5. The van der Waals surface area contributed by atoms with Crippen molar-refractivity contribution in [3.8, 4) is 5.75 Å². The summed E-state index contributed by atoms with van der Waals surface area (Å²) in [4.78, 5) is 29.1. The van der Waals surface area contributed by atoms with Crippen molar-refractivity contribution in [3.05, 3.63) is 65.2 Å². The number of aliphatic imine (C=N–C) groups is 1. The van der Waals surface area contributed by atoms with E-state index in [-0.39, 0.29) is 35.7 Å². The summed E-state index contributed by atoms with van der Waals surface area (Å²) >= 11 is 0. The molecule has 1 heterocycles. The van der Waals surface area contributed by atoms with E-state index in [4.69, 9.17) is 4.74 Å². The standard InChI is InChI=1S/C22H25N3O3/c1-22(2,3)16-9-5-15(6-10-16)20(27)25-21-23-18(13-19(26)24-21)14-7-11-17(28-4)12-8-14/h5-12,18H,13H2,1-4H3,(H2,23,24,25,26,27). The van der Waals surface area contributed by atoms with Gasteiger partial charge in [0.15, 0.2) is 0 Å². The van der Waals surface area contributed by atoms with Gasteiger partial charge in [0, 0.05) is 5.56 Å². The number of rotatable bonds is 3. The molecule has 0 saturated heterocycles. The Morgan fingerprint density at radius 3 is 2.32 bits per heavy atom. The van der Waals surface area contributed by atoms with Crippen molar-refractivity contribution in [2.75, 3.05) is 7.11 Å².